The second kappa shape index (κ2) is 10.8. The van der Waals surface area contributed by atoms with Gasteiger partial charge in [-0.1, -0.05) is 0 Å². The van der Waals surface area contributed by atoms with Crippen LogP contribution in [0.4, 0.5) is 11.4 Å². The van der Waals surface area contributed by atoms with E-state index in [1.807, 2.05) is 32.9 Å². The number of benzene rings is 2. The molecule has 39 heavy (non-hydrogen) atoms. The summed E-state index contributed by atoms with van der Waals surface area (Å²) in [4.78, 5) is 50.4. The van der Waals surface area contributed by atoms with Crippen LogP contribution < -0.4 is 9.80 Å². The van der Waals surface area contributed by atoms with E-state index >= 15 is 0 Å². The summed E-state index contributed by atoms with van der Waals surface area (Å²) in [6, 6.07) is 7.92. The van der Waals surface area contributed by atoms with Crippen LogP contribution in [0.25, 0.3) is 10.8 Å². The molecule has 3 aliphatic rings. The Morgan fingerprint density at radius 3 is 1.64 bits per heavy atom. The Kier molecular flexibility index (Phi) is 7.57. The summed E-state index contributed by atoms with van der Waals surface area (Å²) in [6.45, 7) is 13.1. The van der Waals surface area contributed by atoms with Gasteiger partial charge in [0.1, 0.15) is 5.60 Å². The number of anilines is 2. The van der Waals surface area contributed by atoms with E-state index in [4.69, 9.17) is 4.74 Å². The summed E-state index contributed by atoms with van der Waals surface area (Å²) in [5.41, 5.74) is 2.75. The van der Waals surface area contributed by atoms with Gasteiger partial charge in [0, 0.05) is 98.6 Å². The molecule has 2 amide bonds. The monoisotopic (exact) mass is 535 g/mol. The number of carbonyl (C=O) groups is 3. The van der Waals surface area contributed by atoms with Crippen LogP contribution in [-0.2, 0) is 9.53 Å². The van der Waals surface area contributed by atoms with Crippen LogP contribution in [-0.4, -0.2) is 111 Å². The van der Waals surface area contributed by atoms with Crippen LogP contribution in [0.5, 0.6) is 0 Å². The molecule has 0 atom stereocenters. The minimum Gasteiger partial charge on any atom is -0.460 e. The normalized spacial score (nSPS) is 19.3. The Bertz CT molecular complexity index is 1190. The Hall–Kier alpha value is -3.17. The van der Waals surface area contributed by atoms with Gasteiger partial charge in [0.15, 0.2) is 0 Å². The van der Waals surface area contributed by atoms with Gasteiger partial charge in [0.2, 0.25) is 0 Å². The minimum atomic E-state index is -0.564. The molecule has 2 saturated heterocycles. The third-order valence-corrected chi connectivity index (χ3v) is 7.94. The second-order valence-corrected chi connectivity index (χ2v) is 12.0. The van der Waals surface area contributed by atoms with Crippen molar-refractivity contribution in [1.29, 1.82) is 0 Å². The molecular formula is C30H41N5O4. The molecule has 3 heterocycles. The van der Waals surface area contributed by atoms with Crippen molar-refractivity contribution in [1.82, 2.24) is 14.7 Å². The molecule has 5 rings (SSSR count). The Labute approximate surface area is 231 Å². The average Bonchev–Trinajstić information content (AvgIpc) is 2.89. The molecule has 0 radical (unpaired) electrons. The smallest absolute Gasteiger partial charge is 0.306 e. The van der Waals surface area contributed by atoms with Crippen molar-refractivity contribution in [3.63, 3.8) is 0 Å². The van der Waals surface area contributed by atoms with Gasteiger partial charge in [0.25, 0.3) is 11.8 Å². The standard InChI is InChI=1S/C30H41N5O4/c1-30(2,3)39-25(36)7-6-12-35-28(37)21-8-10-23(33-17-13-31(4)14-18-33)27-24(34-19-15-32(5)16-20-34)11-9-22(26(21)27)29(35)38/h8-11H,6-7,12-20H2,1-5H3. The number of rotatable bonds is 6. The lowest BCUT2D eigenvalue weighted by Crippen LogP contribution is -2.46. The predicted molar refractivity (Wildman–Crippen MR) is 154 cm³/mol. The summed E-state index contributed by atoms with van der Waals surface area (Å²) in [7, 11) is 4.28. The molecule has 9 heteroatoms. The Balaban J connectivity index is 1.50. The summed E-state index contributed by atoms with van der Waals surface area (Å²) in [6.07, 6.45) is 0.519. The number of ether oxygens (including phenoxy) is 1. The Morgan fingerprint density at radius 1 is 0.744 bits per heavy atom. The molecule has 9 nitrogen and oxygen atoms in total. The number of hydrogen-bond donors (Lipinski definition) is 0. The van der Waals surface area contributed by atoms with E-state index in [-0.39, 0.29) is 30.7 Å². The van der Waals surface area contributed by atoms with Crippen molar-refractivity contribution in [2.24, 2.45) is 0 Å². The SMILES string of the molecule is CN1CCN(c2ccc3c4c(ccc(N5CCN(C)CC5)c24)C(=O)N(CCCC(=O)OC(C)(C)C)C3=O)CC1. The van der Waals surface area contributed by atoms with Crippen LogP contribution in [0, 0.1) is 0 Å². The highest BCUT2D eigenvalue weighted by molar-refractivity contribution is 6.28. The van der Waals surface area contributed by atoms with Gasteiger partial charge in [-0.05, 0) is 65.6 Å². The number of likely N-dealkylation sites (N-methyl/N-ethyl adjacent to an activating group) is 2. The molecule has 0 aromatic heterocycles. The van der Waals surface area contributed by atoms with Crippen molar-refractivity contribution in [3.05, 3.63) is 35.4 Å². The maximum absolute atomic E-state index is 13.7. The summed E-state index contributed by atoms with van der Waals surface area (Å²) >= 11 is 0. The van der Waals surface area contributed by atoms with Gasteiger partial charge < -0.3 is 24.3 Å². The molecule has 2 aromatic carbocycles. The first-order valence-electron chi connectivity index (χ1n) is 14.1. The molecule has 0 saturated carbocycles. The van der Waals surface area contributed by atoms with Gasteiger partial charge in [-0.15, -0.1) is 0 Å². The van der Waals surface area contributed by atoms with E-state index in [0.29, 0.717) is 17.5 Å². The van der Waals surface area contributed by atoms with Gasteiger partial charge in [-0.3, -0.25) is 19.3 Å². The van der Waals surface area contributed by atoms with E-state index < -0.39 is 5.60 Å². The highest BCUT2D eigenvalue weighted by atomic mass is 16.6. The molecule has 0 bridgehead atoms. The zero-order chi connectivity index (χ0) is 27.9. The molecule has 0 unspecified atom stereocenters. The molecular weight excluding hydrogens is 494 g/mol. The lowest BCUT2D eigenvalue weighted by molar-refractivity contribution is -0.154. The first-order chi connectivity index (χ1) is 18.5. The van der Waals surface area contributed by atoms with E-state index in [1.54, 1.807) is 0 Å². The lowest BCUT2D eigenvalue weighted by Gasteiger charge is -2.39. The zero-order valence-corrected chi connectivity index (χ0v) is 24.0. The predicted octanol–water partition coefficient (Wildman–Crippen LogP) is 3.06. The van der Waals surface area contributed by atoms with Crippen molar-refractivity contribution in [3.8, 4) is 0 Å². The highest BCUT2D eigenvalue weighted by Gasteiger charge is 2.35. The van der Waals surface area contributed by atoms with E-state index in [1.165, 1.54) is 4.90 Å². The van der Waals surface area contributed by atoms with Gasteiger partial charge >= 0.3 is 5.97 Å². The third kappa shape index (κ3) is 5.61. The number of esters is 1. The van der Waals surface area contributed by atoms with Crippen LogP contribution >= 0.6 is 0 Å². The van der Waals surface area contributed by atoms with Crippen molar-refractivity contribution < 1.29 is 19.1 Å². The molecule has 2 fully saturated rings. The maximum Gasteiger partial charge on any atom is 0.306 e. The molecule has 0 N–H and O–H groups in total. The van der Waals surface area contributed by atoms with Crippen molar-refractivity contribution in [2.45, 2.75) is 39.2 Å². The van der Waals surface area contributed by atoms with Gasteiger partial charge in [-0.2, -0.15) is 0 Å². The minimum absolute atomic E-state index is 0.154. The highest BCUT2D eigenvalue weighted by Crippen LogP contribution is 2.42. The van der Waals surface area contributed by atoms with E-state index in [2.05, 4.69) is 45.8 Å². The maximum atomic E-state index is 13.7. The fourth-order valence-corrected chi connectivity index (χ4v) is 5.80. The molecule has 0 aliphatic carbocycles. The number of amides is 2. The summed E-state index contributed by atoms with van der Waals surface area (Å²) in [5.74, 6) is -0.903. The number of carbonyl (C=O) groups excluding carboxylic acids is 3. The van der Waals surface area contributed by atoms with E-state index in [0.717, 1.165) is 74.5 Å². The quantitative estimate of drug-likeness (QED) is 0.413. The molecule has 2 aromatic rings. The second-order valence-electron chi connectivity index (χ2n) is 12.0. The van der Waals surface area contributed by atoms with Crippen LogP contribution in [0.2, 0.25) is 0 Å². The number of piperazine rings is 2. The fraction of sp³-hybridized carbons (Fsp3) is 0.567. The fourth-order valence-electron chi connectivity index (χ4n) is 5.80. The van der Waals surface area contributed by atoms with Gasteiger partial charge in [-0.25, -0.2) is 0 Å². The van der Waals surface area contributed by atoms with Gasteiger partial charge in [0.05, 0.1) is 0 Å². The first-order valence-corrected chi connectivity index (χ1v) is 14.1. The third-order valence-electron chi connectivity index (χ3n) is 7.94. The van der Waals surface area contributed by atoms with Crippen molar-refractivity contribution >= 4 is 39.9 Å². The number of hydrogen-bond acceptors (Lipinski definition) is 8. The van der Waals surface area contributed by atoms with Crippen LogP contribution in [0.3, 0.4) is 0 Å². The molecule has 0 spiro atoms. The van der Waals surface area contributed by atoms with Crippen LogP contribution in [0.1, 0.15) is 54.3 Å². The van der Waals surface area contributed by atoms with E-state index in [9.17, 15) is 14.4 Å². The van der Waals surface area contributed by atoms with Crippen LogP contribution in [0.15, 0.2) is 24.3 Å². The average molecular weight is 536 g/mol. The summed E-state index contributed by atoms with van der Waals surface area (Å²) in [5, 5.41) is 1.77. The zero-order valence-electron chi connectivity index (χ0n) is 24.0. The summed E-state index contributed by atoms with van der Waals surface area (Å²) < 4.78 is 5.40. The number of imide groups is 1. The molecule has 210 valence electrons. The Morgan fingerprint density at radius 2 is 1.21 bits per heavy atom. The largest absolute Gasteiger partial charge is 0.460 e. The molecule has 3 aliphatic heterocycles. The number of nitrogens with zero attached hydrogens (tertiary/aromatic N) is 5. The first kappa shape index (κ1) is 27.4. The lowest BCUT2D eigenvalue weighted by atomic mass is 9.90. The van der Waals surface area contributed by atoms with Crippen molar-refractivity contribution in [2.75, 3.05) is 82.8 Å². The topological polar surface area (TPSA) is 76.6 Å².